The molecule has 0 N–H and O–H groups in total. The fourth-order valence-corrected chi connectivity index (χ4v) is 2.92. The fourth-order valence-electron chi connectivity index (χ4n) is 2.92. The van der Waals surface area contributed by atoms with Gasteiger partial charge in [-0.05, 0) is 25.0 Å². The van der Waals surface area contributed by atoms with Crippen molar-refractivity contribution in [3.8, 4) is 11.3 Å². The van der Waals surface area contributed by atoms with Gasteiger partial charge >= 0.3 is 0 Å². The average molecular weight is 304 g/mol. The Kier molecular flexibility index (Phi) is 3.23. The normalized spacial score (nSPS) is 13.2. The second kappa shape index (κ2) is 5.39. The SMILES string of the molecule is Cc1ccc(-c2cc(C(=O)N3CCc4ccccc43)on2)cc1. The van der Waals surface area contributed by atoms with Gasteiger partial charge in [0.1, 0.15) is 5.69 Å². The highest BCUT2D eigenvalue weighted by atomic mass is 16.5. The van der Waals surface area contributed by atoms with E-state index in [9.17, 15) is 4.79 Å². The van der Waals surface area contributed by atoms with Gasteiger partial charge in [0, 0.05) is 23.9 Å². The van der Waals surface area contributed by atoms with Gasteiger partial charge in [-0.3, -0.25) is 4.79 Å². The molecule has 0 saturated heterocycles. The Morgan fingerprint density at radius 1 is 1.13 bits per heavy atom. The molecular formula is C19H16N2O2. The Labute approximate surface area is 134 Å². The molecule has 0 aliphatic carbocycles. The van der Waals surface area contributed by atoms with Crippen molar-refractivity contribution in [3.63, 3.8) is 0 Å². The molecular weight excluding hydrogens is 288 g/mol. The van der Waals surface area contributed by atoms with E-state index in [1.807, 2.05) is 49.4 Å². The third kappa shape index (κ3) is 2.42. The van der Waals surface area contributed by atoms with E-state index in [0.717, 1.165) is 17.7 Å². The topological polar surface area (TPSA) is 46.3 Å². The lowest BCUT2D eigenvalue weighted by atomic mass is 10.1. The molecule has 23 heavy (non-hydrogen) atoms. The number of nitrogens with zero attached hydrogens (tertiary/aromatic N) is 2. The molecule has 1 aliphatic rings. The zero-order valence-electron chi connectivity index (χ0n) is 12.8. The molecule has 2 aromatic carbocycles. The van der Waals surface area contributed by atoms with Gasteiger partial charge in [0.25, 0.3) is 5.91 Å². The summed E-state index contributed by atoms with van der Waals surface area (Å²) in [6.45, 7) is 2.71. The van der Waals surface area contributed by atoms with E-state index < -0.39 is 0 Å². The number of benzene rings is 2. The van der Waals surface area contributed by atoms with E-state index >= 15 is 0 Å². The highest BCUT2D eigenvalue weighted by Gasteiger charge is 2.27. The quantitative estimate of drug-likeness (QED) is 0.722. The highest BCUT2D eigenvalue weighted by molar-refractivity contribution is 6.05. The molecule has 1 aliphatic heterocycles. The first-order valence-corrected chi connectivity index (χ1v) is 7.66. The first-order chi connectivity index (χ1) is 11.2. The fraction of sp³-hybridized carbons (Fsp3) is 0.158. The summed E-state index contributed by atoms with van der Waals surface area (Å²) in [6.07, 6.45) is 0.876. The number of aryl methyl sites for hydroxylation is 1. The van der Waals surface area contributed by atoms with Crippen molar-refractivity contribution < 1.29 is 9.32 Å². The maximum atomic E-state index is 12.7. The lowest BCUT2D eigenvalue weighted by Gasteiger charge is -2.14. The van der Waals surface area contributed by atoms with E-state index in [2.05, 4.69) is 11.2 Å². The zero-order chi connectivity index (χ0) is 15.8. The van der Waals surface area contributed by atoms with E-state index in [-0.39, 0.29) is 11.7 Å². The van der Waals surface area contributed by atoms with Crippen LogP contribution in [0.4, 0.5) is 5.69 Å². The second-order valence-corrected chi connectivity index (χ2v) is 5.78. The van der Waals surface area contributed by atoms with Crippen LogP contribution in [0.15, 0.2) is 59.1 Å². The van der Waals surface area contributed by atoms with E-state index in [4.69, 9.17) is 4.52 Å². The number of carbonyl (C=O) groups excluding carboxylic acids is 1. The molecule has 0 atom stereocenters. The molecule has 0 unspecified atom stereocenters. The minimum absolute atomic E-state index is 0.138. The van der Waals surface area contributed by atoms with Crippen LogP contribution in [-0.2, 0) is 6.42 Å². The monoisotopic (exact) mass is 304 g/mol. The second-order valence-electron chi connectivity index (χ2n) is 5.78. The molecule has 4 rings (SSSR count). The molecule has 4 nitrogen and oxygen atoms in total. The predicted octanol–water partition coefficient (Wildman–Crippen LogP) is 3.85. The van der Waals surface area contributed by atoms with Crippen LogP contribution in [0, 0.1) is 6.92 Å². The predicted molar refractivity (Wildman–Crippen MR) is 88.5 cm³/mol. The van der Waals surface area contributed by atoms with Crippen molar-refractivity contribution in [1.82, 2.24) is 5.16 Å². The van der Waals surface area contributed by atoms with Gasteiger partial charge < -0.3 is 9.42 Å². The van der Waals surface area contributed by atoms with Crippen LogP contribution in [0.2, 0.25) is 0 Å². The first-order valence-electron chi connectivity index (χ1n) is 7.66. The van der Waals surface area contributed by atoms with Crippen LogP contribution in [0.5, 0.6) is 0 Å². The van der Waals surface area contributed by atoms with Crippen LogP contribution < -0.4 is 4.90 Å². The van der Waals surface area contributed by atoms with Crippen LogP contribution in [-0.4, -0.2) is 17.6 Å². The third-order valence-electron chi connectivity index (χ3n) is 4.20. The molecule has 0 saturated carbocycles. The summed E-state index contributed by atoms with van der Waals surface area (Å²) in [4.78, 5) is 14.5. The van der Waals surface area contributed by atoms with E-state index in [1.54, 1.807) is 11.0 Å². The number of rotatable bonds is 2. The summed E-state index contributed by atoms with van der Waals surface area (Å²) in [5.74, 6) is 0.137. The van der Waals surface area contributed by atoms with Crippen molar-refractivity contribution in [2.75, 3.05) is 11.4 Å². The van der Waals surface area contributed by atoms with E-state index in [0.29, 0.717) is 12.2 Å². The molecule has 0 bridgehead atoms. The molecule has 4 heteroatoms. The van der Waals surface area contributed by atoms with Gasteiger partial charge in [-0.2, -0.15) is 0 Å². The maximum absolute atomic E-state index is 12.7. The number of para-hydroxylation sites is 1. The van der Waals surface area contributed by atoms with E-state index in [1.165, 1.54) is 11.1 Å². The van der Waals surface area contributed by atoms with Gasteiger partial charge in [0.15, 0.2) is 0 Å². The molecule has 0 radical (unpaired) electrons. The number of fused-ring (bicyclic) bond motifs is 1. The smallest absolute Gasteiger partial charge is 0.296 e. The van der Waals surface area contributed by atoms with Gasteiger partial charge in [-0.15, -0.1) is 0 Å². The Morgan fingerprint density at radius 3 is 2.74 bits per heavy atom. The highest BCUT2D eigenvalue weighted by Crippen LogP contribution is 2.29. The van der Waals surface area contributed by atoms with Crippen LogP contribution in [0.3, 0.4) is 0 Å². The summed E-state index contributed by atoms with van der Waals surface area (Å²) in [7, 11) is 0. The molecule has 0 fully saturated rings. The maximum Gasteiger partial charge on any atom is 0.296 e. The minimum Gasteiger partial charge on any atom is -0.350 e. The van der Waals surface area contributed by atoms with Crippen molar-refractivity contribution in [3.05, 3.63) is 71.5 Å². The Balaban J connectivity index is 1.62. The standard InChI is InChI=1S/C19H16N2O2/c1-13-6-8-14(9-7-13)16-12-18(23-20-16)19(22)21-11-10-15-4-2-3-5-17(15)21/h2-9,12H,10-11H2,1H3. The summed E-state index contributed by atoms with van der Waals surface area (Å²) < 4.78 is 5.30. The Morgan fingerprint density at radius 2 is 1.91 bits per heavy atom. The van der Waals surface area contributed by atoms with Crippen molar-refractivity contribution in [1.29, 1.82) is 0 Å². The van der Waals surface area contributed by atoms with Gasteiger partial charge in [0.05, 0.1) is 0 Å². The lowest BCUT2D eigenvalue weighted by Crippen LogP contribution is -2.28. The molecule has 2 heterocycles. The summed E-state index contributed by atoms with van der Waals surface area (Å²) in [6, 6.07) is 17.7. The van der Waals surface area contributed by atoms with Crippen LogP contribution in [0.25, 0.3) is 11.3 Å². The number of aromatic nitrogens is 1. The summed E-state index contributed by atoms with van der Waals surface area (Å²) in [5.41, 5.74) is 4.97. The zero-order valence-corrected chi connectivity index (χ0v) is 12.8. The van der Waals surface area contributed by atoms with Gasteiger partial charge in [-0.25, -0.2) is 0 Å². The third-order valence-corrected chi connectivity index (χ3v) is 4.20. The average Bonchev–Trinajstić information content (AvgIpc) is 3.22. The lowest BCUT2D eigenvalue weighted by molar-refractivity contribution is 0.0954. The van der Waals surface area contributed by atoms with Crippen molar-refractivity contribution >= 4 is 11.6 Å². The van der Waals surface area contributed by atoms with Crippen LogP contribution in [0.1, 0.15) is 21.7 Å². The number of anilines is 1. The molecule has 3 aromatic rings. The van der Waals surface area contributed by atoms with Gasteiger partial charge in [0.2, 0.25) is 5.76 Å². The number of hydrogen-bond acceptors (Lipinski definition) is 3. The summed E-state index contributed by atoms with van der Waals surface area (Å²) >= 11 is 0. The molecule has 114 valence electrons. The first kappa shape index (κ1) is 13.8. The summed E-state index contributed by atoms with van der Waals surface area (Å²) in [5, 5.41) is 4.04. The molecule has 0 spiro atoms. The molecule has 1 amide bonds. The Bertz CT molecular complexity index is 865. The number of hydrogen-bond donors (Lipinski definition) is 0. The molecule has 1 aromatic heterocycles. The minimum atomic E-state index is -0.138. The van der Waals surface area contributed by atoms with Crippen LogP contribution >= 0.6 is 0 Å². The Hall–Kier alpha value is -2.88. The number of carbonyl (C=O) groups is 1. The van der Waals surface area contributed by atoms with Crippen molar-refractivity contribution in [2.24, 2.45) is 0 Å². The largest absolute Gasteiger partial charge is 0.350 e. The van der Waals surface area contributed by atoms with Gasteiger partial charge in [-0.1, -0.05) is 53.2 Å². The number of amides is 1. The van der Waals surface area contributed by atoms with Crippen molar-refractivity contribution in [2.45, 2.75) is 13.3 Å².